The summed E-state index contributed by atoms with van der Waals surface area (Å²) in [6.45, 7) is 7.44. The van der Waals surface area contributed by atoms with Crippen LogP contribution in [0.4, 0.5) is 0 Å². The maximum absolute atomic E-state index is 12.1. The summed E-state index contributed by atoms with van der Waals surface area (Å²) in [5.41, 5.74) is 2.74. The molecule has 0 aliphatic heterocycles. The van der Waals surface area contributed by atoms with Crippen molar-refractivity contribution in [3.8, 4) is 5.75 Å². The molecule has 7 nitrogen and oxygen atoms in total. The highest BCUT2D eigenvalue weighted by molar-refractivity contribution is 5.92. The van der Waals surface area contributed by atoms with Gasteiger partial charge in [-0.05, 0) is 54.3 Å². The maximum atomic E-state index is 12.1. The average molecular weight is 457 g/mol. The topological polar surface area (TPSA) is 95.2 Å². The predicted molar refractivity (Wildman–Crippen MR) is 125 cm³/mol. The first-order valence-corrected chi connectivity index (χ1v) is 10.9. The van der Waals surface area contributed by atoms with Crippen molar-refractivity contribution in [3.63, 3.8) is 0 Å². The van der Waals surface area contributed by atoms with E-state index in [2.05, 4.69) is 13.5 Å². The van der Waals surface area contributed by atoms with Crippen LogP contribution in [0, 0.1) is 0 Å². The number of furan rings is 1. The van der Waals surface area contributed by atoms with Gasteiger partial charge in [0.2, 0.25) is 0 Å². The Labute approximate surface area is 194 Å². The van der Waals surface area contributed by atoms with Crippen LogP contribution in [0.5, 0.6) is 5.75 Å². The molecular formula is C26H32O7. The summed E-state index contributed by atoms with van der Waals surface area (Å²) < 4.78 is 21.5. The number of ether oxygens (including phenoxy) is 3. The summed E-state index contributed by atoms with van der Waals surface area (Å²) in [6, 6.07) is 8.38. The van der Waals surface area contributed by atoms with Crippen molar-refractivity contribution >= 4 is 17.5 Å². The molecule has 0 aliphatic rings. The van der Waals surface area contributed by atoms with Gasteiger partial charge in [-0.15, -0.1) is 0 Å². The first kappa shape index (κ1) is 25.9. The Morgan fingerprint density at radius 3 is 2.55 bits per heavy atom. The van der Waals surface area contributed by atoms with Gasteiger partial charge >= 0.3 is 11.9 Å². The fourth-order valence-corrected chi connectivity index (χ4v) is 3.43. The molecular weight excluding hydrogens is 424 g/mol. The molecule has 0 fully saturated rings. The zero-order valence-corrected chi connectivity index (χ0v) is 19.7. The van der Waals surface area contributed by atoms with Crippen LogP contribution in [0.2, 0.25) is 0 Å². The van der Waals surface area contributed by atoms with E-state index in [1.54, 1.807) is 37.4 Å². The quantitative estimate of drug-likeness (QED) is 0.338. The van der Waals surface area contributed by atoms with Crippen molar-refractivity contribution in [3.05, 3.63) is 71.2 Å². The largest absolute Gasteiger partial charge is 0.496 e. The highest BCUT2D eigenvalue weighted by atomic mass is 16.6. The van der Waals surface area contributed by atoms with E-state index in [1.807, 2.05) is 6.08 Å². The Hall–Kier alpha value is -3.32. The van der Waals surface area contributed by atoms with Crippen molar-refractivity contribution in [2.45, 2.75) is 52.2 Å². The van der Waals surface area contributed by atoms with Gasteiger partial charge in [0.25, 0.3) is 0 Å². The number of allylic oxidation sites excluding steroid dienone is 2. The molecule has 1 aromatic heterocycles. The van der Waals surface area contributed by atoms with Crippen LogP contribution in [0.25, 0.3) is 5.57 Å². The van der Waals surface area contributed by atoms with Gasteiger partial charge in [0.05, 0.1) is 19.8 Å². The van der Waals surface area contributed by atoms with Gasteiger partial charge < -0.3 is 23.7 Å². The fourth-order valence-electron chi connectivity index (χ4n) is 3.43. The third kappa shape index (κ3) is 7.08. The highest BCUT2D eigenvalue weighted by Gasteiger charge is 2.21. The lowest BCUT2D eigenvalue weighted by molar-refractivity contribution is -0.147. The van der Waals surface area contributed by atoms with Gasteiger partial charge in [-0.1, -0.05) is 26.0 Å². The fraction of sp³-hybridized carbons (Fsp3) is 0.385. The molecule has 178 valence electrons. The third-order valence-corrected chi connectivity index (χ3v) is 5.12. The number of esters is 2. The lowest BCUT2D eigenvalue weighted by Gasteiger charge is -2.18. The van der Waals surface area contributed by atoms with Gasteiger partial charge in [-0.2, -0.15) is 0 Å². The van der Waals surface area contributed by atoms with Gasteiger partial charge in [0.15, 0.2) is 6.10 Å². The number of rotatable bonds is 12. The second-order valence-electron chi connectivity index (χ2n) is 7.53. The molecule has 0 bridgehead atoms. The molecule has 33 heavy (non-hydrogen) atoms. The molecule has 0 aliphatic carbocycles. The molecule has 1 heterocycles. The van der Waals surface area contributed by atoms with Crippen LogP contribution in [0.3, 0.4) is 0 Å². The first-order valence-electron chi connectivity index (χ1n) is 10.9. The van der Waals surface area contributed by atoms with Crippen LogP contribution in [-0.4, -0.2) is 31.3 Å². The minimum absolute atomic E-state index is 0.251. The summed E-state index contributed by atoms with van der Waals surface area (Å²) in [5.74, 6) is 0.482. The highest BCUT2D eigenvalue weighted by Crippen LogP contribution is 2.36. The lowest BCUT2D eigenvalue weighted by Crippen LogP contribution is -2.08. The molecule has 0 saturated heterocycles. The number of hydrogen-bond donors (Lipinski definition) is 1. The Balaban J connectivity index is 2.52. The van der Waals surface area contributed by atoms with Crippen molar-refractivity contribution in [2.75, 3.05) is 14.2 Å². The van der Waals surface area contributed by atoms with E-state index >= 15 is 0 Å². The third-order valence-electron chi connectivity index (χ3n) is 5.12. The van der Waals surface area contributed by atoms with Gasteiger partial charge in [-0.3, -0.25) is 4.79 Å². The summed E-state index contributed by atoms with van der Waals surface area (Å²) >= 11 is 0. The van der Waals surface area contributed by atoms with E-state index < -0.39 is 18.0 Å². The molecule has 1 atom stereocenters. The molecule has 0 unspecified atom stereocenters. The van der Waals surface area contributed by atoms with E-state index in [9.17, 15) is 14.7 Å². The molecule has 1 N–H and O–H groups in total. The molecule has 0 radical (unpaired) electrons. The van der Waals surface area contributed by atoms with Gasteiger partial charge in [0.1, 0.15) is 23.9 Å². The number of methoxy groups -OCH3 is 2. The van der Waals surface area contributed by atoms with Crippen LogP contribution in [0.15, 0.2) is 53.0 Å². The number of hydrogen-bond acceptors (Lipinski definition) is 7. The standard InChI is InChI=1S/C26H32O7/c1-6-7-8-17(2)21(22-15-19(26(29)31-5)9-12-23(22)30-4)11-14-24(32-18(3)28)25-13-10-20(16-27)33-25/h9-13,15,24,27H,2,6-8,14,16H2,1,3-5H3/b21-11-/t24-/m1/s1. The second-order valence-corrected chi connectivity index (χ2v) is 7.53. The summed E-state index contributed by atoms with van der Waals surface area (Å²) in [6.07, 6.45) is 4.21. The molecule has 1 aromatic carbocycles. The number of aliphatic hydroxyl groups excluding tert-OH is 1. The molecule has 0 amide bonds. The van der Waals surface area contributed by atoms with Crippen LogP contribution >= 0.6 is 0 Å². The summed E-state index contributed by atoms with van der Waals surface area (Å²) in [4.78, 5) is 23.9. The minimum atomic E-state index is -0.688. The Kier molecular flexibility index (Phi) is 9.94. The smallest absolute Gasteiger partial charge is 0.337 e. The predicted octanol–water partition coefficient (Wildman–Crippen LogP) is 5.39. The van der Waals surface area contributed by atoms with Crippen molar-refractivity contribution in [1.82, 2.24) is 0 Å². The number of unbranched alkanes of at least 4 members (excludes halogenated alkanes) is 1. The van der Waals surface area contributed by atoms with Crippen molar-refractivity contribution in [1.29, 1.82) is 0 Å². The molecule has 0 spiro atoms. The zero-order valence-electron chi connectivity index (χ0n) is 19.7. The lowest BCUT2D eigenvalue weighted by atomic mass is 9.91. The molecule has 2 aromatic rings. The Morgan fingerprint density at radius 1 is 1.21 bits per heavy atom. The normalized spacial score (nSPS) is 12.2. The van der Waals surface area contributed by atoms with Crippen molar-refractivity contribution in [2.24, 2.45) is 0 Å². The minimum Gasteiger partial charge on any atom is -0.496 e. The number of benzene rings is 1. The number of carbonyl (C=O) groups is 2. The first-order chi connectivity index (χ1) is 15.8. The number of aliphatic hydroxyl groups is 1. The van der Waals surface area contributed by atoms with Crippen molar-refractivity contribution < 1.29 is 33.3 Å². The Bertz CT molecular complexity index is 1000. The monoisotopic (exact) mass is 456 g/mol. The number of carbonyl (C=O) groups excluding carboxylic acids is 2. The van der Waals surface area contributed by atoms with E-state index in [0.717, 1.165) is 30.4 Å². The van der Waals surface area contributed by atoms with E-state index in [4.69, 9.17) is 18.6 Å². The molecule has 2 rings (SSSR count). The summed E-state index contributed by atoms with van der Waals surface area (Å²) in [7, 11) is 2.89. The van der Waals surface area contributed by atoms with Crippen LogP contribution in [-0.2, 0) is 20.9 Å². The molecule has 0 saturated carbocycles. The summed E-state index contributed by atoms with van der Waals surface area (Å²) in [5, 5.41) is 9.31. The van der Waals surface area contributed by atoms with Gasteiger partial charge in [0, 0.05) is 18.9 Å². The van der Waals surface area contributed by atoms with Gasteiger partial charge in [-0.25, -0.2) is 4.79 Å². The van der Waals surface area contributed by atoms with E-state index in [-0.39, 0.29) is 6.61 Å². The molecule has 7 heteroatoms. The maximum Gasteiger partial charge on any atom is 0.337 e. The zero-order chi connectivity index (χ0) is 24.4. The Morgan fingerprint density at radius 2 is 1.97 bits per heavy atom. The van der Waals surface area contributed by atoms with Crippen LogP contribution in [0.1, 0.15) is 73.1 Å². The SMILES string of the molecule is C=C(CCCC)/C(=C/C[C@@H](OC(C)=O)c1ccc(CO)o1)c1cc(C(=O)OC)ccc1OC. The second kappa shape index (κ2) is 12.6. The van der Waals surface area contributed by atoms with E-state index in [0.29, 0.717) is 34.8 Å². The average Bonchev–Trinajstić information content (AvgIpc) is 3.30. The van der Waals surface area contributed by atoms with Crippen LogP contribution < -0.4 is 4.74 Å². The van der Waals surface area contributed by atoms with E-state index in [1.165, 1.54) is 14.0 Å².